The molecule has 2 aromatic carbocycles. The monoisotopic (exact) mass is 268 g/mol. The molecule has 0 atom stereocenters. The molecule has 20 heavy (non-hydrogen) atoms. The Balaban J connectivity index is 2.25. The first-order chi connectivity index (χ1) is 9.66. The van der Waals surface area contributed by atoms with Crippen LogP contribution in [-0.2, 0) is 6.54 Å². The molecule has 2 nitrogen and oxygen atoms in total. The molecule has 0 spiro atoms. The van der Waals surface area contributed by atoms with Crippen LogP contribution in [0.3, 0.4) is 0 Å². The van der Waals surface area contributed by atoms with E-state index < -0.39 is 0 Å². The van der Waals surface area contributed by atoms with Crippen LogP contribution in [0.25, 0.3) is 22.0 Å². The first-order valence-electron chi connectivity index (χ1n) is 6.65. The molecule has 0 unspecified atom stereocenters. The normalized spacial score (nSPS) is 11.4. The molecule has 102 valence electrons. The molecule has 0 saturated carbocycles. The molecule has 0 aliphatic heterocycles. The molecule has 1 aromatic heterocycles. The maximum Gasteiger partial charge on any atom is 0.131 e. The quantitative estimate of drug-likeness (QED) is 0.759. The Hall–Kier alpha value is -2.13. The van der Waals surface area contributed by atoms with Crippen molar-refractivity contribution in [3.05, 3.63) is 60.0 Å². The van der Waals surface area contributed by atoms with Crippen molar-refractivity contribution in [2.24, 2.45) is 0 Å². The van der Waals surface area contributed by atoms with E-state index in [9.17, 15) is 4.39 Å². The van der Waals surface area contributed by atoms with Gasteiger partial charge in [0, 0.05) is 29.2 Å². The number of halogens is 1. The second-order valence-electron chi connectivity index (χ2n) is 5.26. The molecule has 0 aliphatic rings. The Morgan fingerprint density at radius 3 is 2.50 bits per heavy atom. The number of nitrogens with zero attached hydrogens (tertiary/aromatic N) is 1. The van der Waals surface area contributed by atoms with Gasteiger partial charge in [-0.3, -0.25) is 0 Å². The van der Waals surface area contributed by atoms with E-state index in [1.54, 1.807) is 6.07 Å². The molecule has 0 bridgehead atoms. The van der Waals surface area contributed by atoms with E-state index in [2.05, 4.69) is 9.88 Å². The number of benzene rings is 2. The number of hydrogen-bond acceptors (Lipinski definition) is 1. The van der Waals surface area contributed by atoms with Gasteiger partial charge in [-0.1, -0.05) is 30.3 Å². The maximum atomic E-state index is 14.1. The standard InChI is InChI=1S/C17H17FN2/c1-20(2)11-12-10-19-16-9-5-7-14(17(12)16)13-6-3-4-8-15(13)18/h3-10,19H,11H2,1-2H3. The minimum absolute atomic E-state index is 0.183. The Labute approximate surface area is 117 Å². The summed E-state index contributed by atoms with van der Waals surface area (Å²) >= 11 is 0. The lowest BCUT2D eigenvalue weighted by atomic mass is 9.98. The SMILES string of the molecule is CN(C)Cc1c[nH]c2cccc(-c3ccccc3F)c12. The lowest BCUT2D eigenvalue weighted by Crippen LogP contribution is -2.10. The number of fused-ring (bicyclic) bond motifs is 1. The molecule has 3 aromatic rings. The van der Waals surface area contributed by atoms with Crippen LogP contribution in [0.5, 0.6) is 0 Å². The lowest BCUT2D eigenvalue weighted by Gasteiger charge is -2.11. The summed E-state index contributed by atoms with van der Waals surface area (Å²) in [6.45, 7) is 0.825. The van der Waals surface area contributed by atoms with Gasteiger partial charge < -0.3 is 9.88 Å². The van der Waals surface area contributed by atoms with E-state index >= 15 is 0 Å². The minimum atomic E-state index is -0.183. The summed E-state index contributed by atoms with van der Waals surface area (Å²) in [6, 6.07) is 12.9. The molecule has 0 fully saturated rings. The van der Waals surface area contributed by atoms with Crippen LogP contribution in [0.1, 0.15) is 5.56 Å². The fourth-order valence-electron chi connectivity index (χ4n) is 2.63. The number of rotatable bonds is 3. The van der Waals surface area contributed by atoms with Crippen LogP contribution in [0.15, 0.2) is 48.7 Å². The zero-order valence-corrected chi connectivity index (χ0v) is 11.7. The molecule has 0 radical (unpaired) electrons. The van der Waals surface area contributed by atoms with Gasteiger partial charge in [0.1, 0.15) is 5.82 Å². The third-order valence-electron chi connectivity index (χ3n) is 3.44. The topological polar surface area (TPSA) is 19.0 Å². The average Bonchev–Trinajstić information content (AvgIpc) is 2.82. The summed E-state index contributed by atoms with van der Waals surface area (Å²) in [4.78, 5) is 5.39. The molecule has 0 saturated heterocycles. The summed E-state index contributed by atoms with van der Waals surface area (Å²) in [7, 11) is 4.06. The number of aromatic amines is 1. The predicted octanol–water partition coefficient (Wildman–Crippen LogP) is 4.04. The highest BCUT2D eigenvalue weighted by Gasteiger charge is 2.13. The minimum Gasteiger partial charge on any atom is -0.361 e. The van der Waals surface area contributed by atoms with Crippen LogP contribution >= 0.6 is 0 Å². The Kier molecular flexibility index (Phi) is 3.28. The lowest BCUT2D eigenvalue weighted by molar-refractivity contribution is 0.404. The smallest absolute Gasteiger partial charge is 0.131 e. The molecular formula is C17H17FN2. The van der Waals surface area contributed by atoms with Gasteiger partial charge in [-0.15, -0.1) is 0 Å². The van der Waals surface area contributed by atoms with Gasteiger partial charge in [-0.05, 0) is 37.4 Å². The van der Waals surface area contributed by atoms with Gasteiger partial charge in [0.05, 0.1) is 0 Å². The molecule has 1 heterocycles. The Morgan fingerprint density at radius 2 is 1.75 bits per heavy atom. The first-order valence-corrected chi connectivity index (χ1v) is 6.65. The van der Waals surface area contributed by atoms with E-state index in [1.807, 2.05) is 50.6 Å². The van der Waals surface area contributed by atoms with Crippen molar-refractivity contribution in [3.63, 3.8) is 0 Å². The van der Waals surface area contributed by atoms with E-state index in [1.165, 1.54) is 11.6 Å². The molecule has 1 N–H and O–H groups in total. The highest BCUT2D eigenvalue weighted by Crippen LogP contribution is 2.32. The highest BCUT2D eigenvalue weighted by molar-refractivity contribution is 5.97. The zero-order valence-electron chi connectivity index (χ0n) is 11.7. The molecule has 3 rings (SSSR count). The van der Waals surface area contributed by atoms with Gasteiger partial charge >= 0.3 is 0 Å². The summed E-state index contributed by atoms with van der Waals surface area (Å²) in [5.74, 6) is -0.183. The highest BCUT2D eigenvalue weighted by atomic mass is 19.1. The van der Waals surface area contributed by atoms with Crippen molar-refractivity contribution >= 4 is 10.9 Å². The third kappa shape index (κ3) is 2.21. The van der Waals surface area contributed by atoms with E-state index in [0.29, 0.717) is 5.56 Å². The summed E-state index contributed by atoms with van der Waals surface area (Å²) in [5.41, 5.74) is 3.82. The fraction of sp³-hybridized carbons (Fsp3) is 0.176. The van der Waals surface area contributed by atoms with Crippen molar-refractivity contribution in [1.29, 1.82) is 0 Å². The van der Waals surface area contributed by atoms with Gasteiger partial charge in [0.25, 0.3) is 0 Å². The second-order valence-corrected chi connectivity index (χ2v) is 5.26. The third-order valence-corrected chi connectivity index (χ3v) is 3.44. The predicted molar refractivity (Wildman–Crippen MR) is 81.1 cm³/mol. The van der Waals surface area contributed by atoms with Crippen molar-refractivity contribution in [1.82, 2.24) is 9.88 Å². The van der Waals surface area contributed by atoms with E-state index in [0.717, 1.165) is 23.0 Å². The summed E-state index contributed by atoms with van der Waals surface area (Å²) < 4.78 is 14.1. The van der Waals surface area contributed by atoms with Crippen molar-refractivity contribution < 1.29 is 4.39 Å². The van der Waals surface area contributed by atoms with Crippen molar-refractivity contribution in [2.75, 3.05) is 14.1 Å². The number of aromatic nitrogens is 1. The van der Waals surface area contributed by atoms with Crippen molar-refractivity contribution in [2.45, 2.75) is 6.54 Å². The van der Waals surface area contributed by atoms with Crippen LogP contribution in [0.2, 0.25) is 0 Å². The van der Waals surface area contributed by atoms with Crippen molar-refractivity contribution in [3.8, 4) is 11.1 Å². The van der Waals surface area contributed by atoms with Crippen LogP contribution in [0, 0.1) is 5.82 Å². The number of H-pyrrole nitrogens is 1. The number of nitrogens with one attached hydrogen (secondary N) is 1. The van der Waals surface area contributed by atoms with Gasteiger partial charge in [0.15, 0.2) is 0 Å². The molecule has 3 heteroatoms. The largest absolute Gasteiger partial charge is 0.361 e. The van der Waals surface area contributed by atoms with Crippen LogP contribution in [-0.4, -0.2) is 24.0 Å². The number of hydrogen-bond donors (Lipinski definition) is 1. The molecular weight excluding hydrogens is 251 g/mol. The van der Waals surface area contributed by atoms with Gasteiger partial charge in [-0.25, -0.2) is 4.39 Å². The molecule has 0 aliphatic carbocycles. The van der Waals surface area contributed by atoms with Crippen LogP contribution in [0.4, 0.5) is 4.39 Å². The Bertz CT molecular complexity index is 744. The zero-order chi connectivity index (χ0) is 14.1. The van der Waals surface area contributed by atoms with Gasteiger partial charge in [-0.2, -0.15) is 0 Å². The maximum absolute atomic E-state index is 14.1. The second kappa shape index (κ2) is 5.10. The first kappa shape index (κ1) is 12.9. The van der Waals surface area contributed by atoms with Gasteiger partial charge in [0.2, 0.25) is 0 Å². The summed E-state index contributed by atoms with van der Waals surface area (Å²) in [5, 5.41) is 1.10. The Morgan fingerprint density at radius 1 is 1.00 bits per heavy atom. The summed E-state index contributed by atoms with van der Waals surface area (Å²) in [6.07, 6.45) is 2.01. The van der Waals surface area contributed by atoms with Crippen LogP contribution < -0.4 is 0 Å². The average molecular weight is 268 g/mol. The fourth-order valence-corrected chi connectivity index (χ4v) is 2.63. The van der Waals surface area contributed by atoms with E-state index in [4.69, 9.17) is 0 Å². The van der Waals surface area contributed by atoms with E-state index in [-0.39, 0.29) is 5.82 Å². The molecule has 0 amide bonds.